The van der Waals surface area contributed by atoms with Crippen LogP contribution in [0.3, 0.4) is 0 Å². The summed E-state index contributed by atoms with van der Waals surface area (Å²) in [6.45, 7) is 8.10. The molecule has 7 rings (SSSR count). The molecule has 0 bridgehead atoms. The molecule has 0 aliphatic carbocycles. The minimum Gasteiger partial charge on any atom is -0.508 e. The van der Waals surface area contributed by atoms with Crippen molar-refractivity contribution in [1.82, 2.24) is 10.2 Å². The molecule has 5 aromatic carbocycles. The number of carboxylic acid groups (broad SMARTS) is 1. The van der Waals surface area contributed by atoms with E-state index >= 15 is 0 Å². The summed E-state index contributed by atoms with van der Waals surface area (Å²) in [4.78, 5) is 42.4. The number of phenols is 1. The van der Waals surface area contributed by atoms with Gasteiger partial charge in [-0.25, -0.2) is 4.79 Å². The van der Waals surface area contributed by atoms with Crippen LogP contribution in [0.4, 0.5) is 0 Å². The molecule has 2 heterocycles. The average molecular weight is 875 g/mol. The maximum absolute atomic E-state index is 14.2. The number of nitrogens with zero attached hydrogens (tertiary/aromatic N) is 1. The van der Waals surface area contributed by atoms with Crippen molar-refractivity contribution in [2.75, 3.05) is 6.61 Å². The van der Waals surface area contributed by atoms with E-state index < -0.39 is 36.0 Å². The molecule has 2 aliphatic heterocycles. The fraction of sp³-hybridized carbons (Fsp3) is 0.204. The van der Waals surface area contributed by atoms with Gasteiger partial charge in [-0.1, -0.05) is 84.4 Å². The first-order chi connectivity index (χ1) is 29.8. The standard InChI is InChI=1S/C49H45Cl2N3O8/c1-4-5-39(28(2)29(3)52)32-9-6-30(7-10-32)21-42(49(58)59)53-47(56)43-22-35-23-44-45(24-36(35)25-54(43)48(57)34-11-15-37(55)16-12-34)62-46(27-61-44)33-13-17-38(18-14-33)60-26-31-8-19-40(50)41(51)20-31/h4-20,23-24,42-43,46,55H,1,21-22,25-27,52H2,2-3H3,(H,53,56)(H,58,59)/b29-28-,39-5+/t42-,43?,46+/m0/s1. The number of carbonyl (C=O) groups excluding carboxylic acids is 2. The number of carbonyl (C=O) groups is 3. The van der Waals surface area contributed by atoms with E-state index in [1.807, 2.05) is 86.7 Å². The van der Waals surface area contributed by atoms with Crippen molar-refractivity contribution in [2.24, 2.45) is 5.73 Å². The lowest BCUT2D eigenvalue weighted by Gasteiger charge is -2.37. The van der Waals surface area contributed by atoms with Gasteiger partial charge in [0.15, 0.2) is 17.6 Å². The molecule has 1 unspecified atom stereocenters. The van der Waals surface area contributed by atoms with Crippen molar-refractivity contribution < 1.29 is 38.8 Å². The summed E-state index contributed by atoms with van der Waals surface area (Å²) in [6, 6.07) is 27.2. The Bertz CT molecular complexity index is 2570. The Kier molecular flexibility index (Phi) is 13.2. The minimum absolute atomic E-state index is 0.00382. The molecule has 11 nitrogen and oxygen atoms in total. The molecule has 62 heavy (non-hydrogen) atoms. The first-order valence-electron chi connectivity index (χ1n) is 19.9. The molecular weight excluding hydrogens is 829 g/mol. The van der Waals surface area contributed by atoms with Crippen LogP contribution in [0.15, 0.2) is 133 Å². The molecule has 2 amide bonds. The highest BCUT2D eigenvalue weighted by molar-refractivity contribution is 6.42. The molecule has 2 aliphatic rings. The van der Waals surface area contributed by atoms with Gasteiger partial charge in [-0.15, -0.1) is 0 Å². The summed E-state index contributed by atoms with van der Waals surface area (Å²) < 4.78 is 18.6. The molecule has 3 atom stereocenters. The highest BCUT2D eigenvalue weighted by Crippen LogP contribution is 2.41. The van der Waals surface area contributed by atoms with Gasteiger partial charge < -0.3 is 40.4 Å². The Balaban J connectivity index is 1.08. The van der Waals surface area contributed by atoms with Crippen LogP contribution in [-0.4, -0.2) is 51.6 Å². The molecule has 5 aromatic rings. The van der Waals surface area contributed by atoms with Crippen LogP contribution in [0, 0.1) is 0 Å². The van der Waals surface area contributed by atoms with Gasteiger partial charge in [-0.3, -0.25) is 9.59 Å². The fourth-order valence-corrected chi connectivity index (χ4v) is 7.72. The number of hydrogen-bond donors (Lipinski definition) is 4. The maximum Gasteiger partial charge on any atom is 0.326 e. The number of nitrogens with two attached hydrogens (primary N) is 1. The molecule has 5 N–H and O–H groups in total. The highest BCUT2D eigenvalue weighted by atomic mass is 35.5. The number of rotatable bonds is 13. The van der Waals surface area contributed by atoms with Crippen LogP contribution >= 0.6 is 23.2 Å². The Morgan fingerprint density at radius 2 is 1.58 bits per heavy atom. The molecule has 0 fully saturated rings. The predicted molar refractivity (Wildman–Crippen MR) is 238 cm³/mol. The number of ether oxygens (including phenoxy) is 3. The van der Waals surface area contributed by atoms with Crippen molar-refractivity contribution in [3.8, 4) is 23.0 Å². The molecule has 0 spiro atoms. The van der Waals surface area contributed by atoms with E-state index in [2.05, 4.69) is 11.9 Å². The van der Waals surface area contributed by atoms with Crippen LogP contribution < -0.4 is 25.3 Å². The number of benzene rings is 5. The average Bonchev–Trinajstić information content (AvgIpc) is 3.27. The van der Waals surface area contributed by atoms with Crippen LogP contribution in [-0.2, 0) is 35.6 Å². The van der Waals surface area contributed by atoms with Crippen molar-refractivity contribution in [1.29, 1.82) is 0 Å². The molecular formula is C49H45Cl2N3O8. The molecule has 318 valence electrons. The second-order valence-electron chi connectivity index (χ2n) is 15.2. The second-order valence-corrected chi connectivity index (χ2v) is 16.0. The van der Waals surface area contributed by atoms with Crippen molar-refractivity contribution in [3.05, 3.63) is 182 Å². The highest BCUT2D eigenvalue weighted by Gasteiger charge is 2.38. The normalized spacial score (nSPS) is 16.6. The second kappa shape index (κ2) is 18.9. The molecule has 0 saturated heterocycles. The van der Waals surface area contributed by atoms with E-state index in [1.165, 1.54) is 29.2 Å². The molecule has 0 radical (unpaired) electrons. The monoisotopic (exact) mass is 873 g/mol. The lowest BCUT2D eigenvalue weighted by Crippen LogP contribution is -2.56. The van der Waals surface area contributed by atoms with Gasteiger partial charge in [-0.05, 0) is 119 Å². The number of halogens is 2. The van der Waals surface area contributed by atoms with Gasteiger partial charge in [0.1, 0.15) is 36.8 Å². The van der Waals surface area contributed by atoms with E-state index in [-0.39, 0.29) is 37.3 Å². The maximum atomic E-state index is 14.2. The van der Waals surface area contributed by atoms with Crippen molar-refractivity contribution >= 4 is 46.6 Å². The number of phenolic OH excluding ortho intramolecular Hbond substituents is 1. The number of aromatic hydroxyl groups is 1. The number of allylic oxidation sites excluding steroid dienone is 5. The molecule has 13 heteroatoms. The van der Waals surface area contributed by atoms with Gasteiger partial charge >= 0.3 is 5.97 Å². The zero-order valence-corrected chi connectivity index (χ0v) is 35.6. The summed E-state index contributed by atoms with van der Waals surface area (Å²) in [5, 5.41) is 23.9. The van der Waals surface area contributed by atoms with Gasteiger partial charge in [0, 0.05) is 30.6 Å². The third-order valence-corrected chi connectivity index (χ3v) is 11.7. The number of hydrogen-bond acceptors (Lipinski definition) is 8. The van der Waals surface area contributed by atoms with E-state index in [0.29, 0.717) is 45.2 Å². The lowest BCUT2D eigenvalue weighted by molar-refractivity contribution is -0.142. The van der Waals surface area contributed by atoms with Crippen LogP contribution in [0.1, 0.15) is 63.7 Å². The lowest BCUT2D eigenvalue weighted by atomic mass is 9.91. The third kappa shape index (κ3) is 9.91. The summed E-state index contributed by atoms with van der Waals surface area (Å²) in [7, 11) is 0. The van der Waals surface area contributed by atoms with Gasteiger partial charge in [0.2, 0.25) is 5.91 Å². The zero-order valence-electron chi connectivity index (χ0n) is 34.1. The zero-order chi connectivity index (χ0) is 44.1. The molecule has 0 aromatic heterocycles. The first kappa shape index (κ1) is 43.4. The Labute approximate surface area is 369 Å². The summed E-state index contributed by atoms with van der Waals surface area (Å²) in [5.74, 6) is -0.703. The minimum atomic E-state index is -1.29. The van der Waals surface area contributed by atoms with E-state index in [9.17, 15) is 24.6 Å². The number of amides is 2. The number of nitrogens with one attached hydrogen (secondary N) is 1. The summed E-state index contributed by atoms with van der Waals surface area (Å²) >= 11 is 12.2. The Morgan fingerprint density at radius 1 is 0.903 bits per heavy atom. The van der Waals surface area contributed by atoms with Crippen LogP contribution in [0.25, 0.3) is 5.57 Å². The summed E-state index contributed by atoms with van der Waals surface area (Å²) in [5.41, 5.74) is 13.6. The van der Waals surface area contributed by atoms with E-state index in [1.54, 1.807) is 18.2 Å². The largest absolute Gasteiger partial charge is 0.508 e. The Morgan fingerprint density at radius 3 is 2.24 bits per heavy atom. The smallest absolute Gasteiger partial charge is 0.326 e. The molecule has 0 saturated carbocycles. The van der Waals surface area contributed by atoms with Gasteiger partial charge in [-0.2, -0.15) is 0 Å². The summed E-state index contributed by atoms with van der Waals surface area (Å²) in [6.07, 6.45) is 3.18. The third-order valence-electron chi connectivity index (χ3n) is 11.0. The van der Waals surface area contributed by atoms with Crippen LogP contribution in [0.2, 0.25) is 10.0 Å². The number of aliphatic carboxylic acids is 1. The topological polar surface area (TPSA) is 161 Å². The fourth-order valence-electron chi connectivity index (χ4n) is 7.40. The van der Waals surface area contributed by atoms with Crippen molar-refractivity contribution in [3.63, 3.8) is 0 Å². The Hall–Kier alpha value is -6.69. The van der Waals surface area contributed by atoms with Crippen molar-refractivity contribution in [2.45, 2.75) is 58.0 Å². The van der Waals surface area contributed by atoms with Gasteiger partial charge in [0.05, 0.1) is 10.0 Å². The van der Waals surface area contributed by atoms with Crippen LogP contribution in [0.5, 0.6) is 23.0 Å². The quantitative estimate of drug-likeness (QED) is 0.0847. The predicted octanol–water partition coefficient (Wildman–Crippen LogP) is 8.99. The van der Waals surface area contributed by atoms with Gasteiger partial charge in [0.25, 0.3) is 5.91 Å². The number of carboxylic acids is 1. The van der Waals surface area contributed by atoms with E-state index in [4.69, 9.17) is 43.1 Å². The SMILES string of the molecule is C=C/C=C(\C(C)=C(\C)N)c1ccc(C[C@H](NC(=O)C2Cc3cc4c(cc3CN2C(=O)c2ccc(O)cc2)O[C@@H](c2ccc(OCc3ccc(Cl)c(Cl)c3)cc2)CO4)C(=O)O)cc1. The number of fused-ring (bicyclic) bond motifs is 2. The van der Waals surface area contributed by atoms with E-state index in [0.717, 1.165) is 39.0 Å². The first-order valence-corrected chi connectivity index (χ1v) is 20.6.